The van der Waals surface area contributed by atoms with Crippen LogP contribution in [0.3, 0.4) is 0 Å². The van der Waals surface area contributed by atoms with E-state index in [1.807, 2.05) is 0 Å². The second kappa shape index (κ2) is 9.27. The van der Waals surface area contributed by atoms with Crippen LogP contribution in [-0.2, 0) is 17.1 Å². The van der Waals surface area contributed by atoms with E-state index in [4.69, 9.17) is 0 Å². The van der Waals surface area contributed by atoms with E-state index in [-0.39, 0.29) is 17.1 Å². The molecule has 0 spiro atoms. The molecule has 0 unspecified atom stereocenters. The molecular formula is C18H24FeP2. The Hall–Kier alpha value is 0.0795. The summed E-state index contributed by atoms with van der Waals surface area (Å²) in [6.45, 7) is 0. The van der Waals surface area contributed by atoms with E-state index in [2.05, 4.69) is 48.5 Å². The third kappa shape index (κ3) is 5.04. The minimum absolute atomic E-state index is 0. The maximum Gasteiger partial charge on any atom is 2.00 e. The Balaban J connectivity index is 0.000000147. The van der Waals surface area contributed by atoms with E-state index in [1.54, 1.807) is 10.6 Å². The van der Waals surface area contributed by atoms with E-state index in [0.717, 1.165) is 0 Å². The molecule has 0 radical (unpaired) electrons. The summed E-state index contributed by atoms with van der Waals surface area (Å²) in [6, 6.07) is 17.8. The molecule has 0 aliphatic carbocycles. The summed E-state index contributed by atoms with van der Waals surface area (Å²) in [5, 5.41) is 3.26. The molecule has 0 N–H and O–H groups in total. The molecule has 2 fully saturated rings. The molecule has 2 aromatic carbocycles. The first-order valence-electron chi connectivity index (χ1n) is 7.87. The summed E-state index contributed by atoms with van der Waals surface area (Å²) in [5.74, 6) is 0. The van der Waals surface area contributed by atoms with Crippen LogP contribution in [0.4, 0.5) is 0 Å². The fraction of sp³-hybridized carbons (Fsp3) is 0.444. The average Bonchev–Trinajstić information content (AvgIpc) is 3.29. The normalized spacial score (nSPS) is 19.0. The summed E-state index contributed by atoms with van der Waals surface area (Å²) in [7, 11) is 0.594. The SMILES string of the molecule is [Fe+2].c1c[cH-]c(P2CCCC2)c1.c1c[cH-]c(P2CCCC2)c1. The van der Waals surface area contributed by atoms with Crippen LogP contribution < -0.4 is 10.6 Å². The Labute approximate surface area is 142 Å². The van der Waals surface area contributed by atoms with Crippen molar-refractivity contribution in [1.29, 1.82) is 0 Å². The smallest absolute Gasteiger partial charge is 0.213 e. The standard InChI is InChI=1S/2C9H12P.Fe/c2*1-2-6-9(5-1)10-7-3-4-8-10;/h2*1-2,5-6H,3-4,7-8H2;/q2*-1;+2. The quantitative estimate of drug-likeness (QED) is 0.418. The Morgan fingerprint density at radius 3 is 1.33 bits per heavy atom. The number of hydrogen-bond acceptors (Lipinski definition) is 0. The van der Waals surface area contributed by atoms with Gasteiger partial charge >= 0.3 is 17.1 Å². The van der Waals surface area contributed by atoms with Crippen molar-refractivity contribution >= 4 is 26.5 Å². The molecular weight excluding hydrogens is 334 g/mol. The molecule has 114 valence electrons. The second-order valence-electron chi connectivity index (χ2n) is 5.67. The molecule has 3 heteroatoms. The maximum absolute atomic E-state index is 2.29. The molecule has 4 rings (SSSR count). The van der Waals surface area contributed by atoms with Gasteiger partial charge < -0.3 is 0 Å². The first-order chi connectivity index (χ1) is 9.93. The number of hydrogen-bond donors (Lipinski definition) is 0. The number of rotatable bonds is 2. The Morgan fingerprint density at radius 2 is 1.05 bits per heavy atom. The van der Waals surface area contributed by atoms with Crippen molar-refractivity contribution in [3.8, 4) is 0 Å². The van der Waals surface area contributed by atoms with Crippen molar-refractivity contribution in [2.24, 2.45) is 0 Å². The van der Waals surface area contributed by atoms with E-state index in [1.165, 1.54) is 50.3 Å². The van der Waals surface area contributed by atoms with Crippen molar-refractivity contribution < 1.29 is 17.1 Å². The van der Waals surface area contributed by atoms with Crippen LogP contribution in [0, 0.1) is 0 Å². The van der Waals surface area contributed by atoms with Gasteiger partial charge in [-0.1, -0.05) is 0 Å². The first-order valence-corrected chi connectivity index (χ1v) is 11.3. The van der Waals surface area contributed by atoms with Crippen molar-refractivity contribution in [2.45, 2.75) is 25.7 Å². The van der Waals surface area contributed by atoms with Crippen LogP contribution >= 0.6 is 15.8 Å². The Morgan fingerprint density at radius 1 is 0.667 bits per heavy atom. The predicted octanol–water partition coefficient (Wildman–Crippen LogP) is 4.61. The van der Waals surface area contributed by atoms with E-state index < -0.39 is 0 Å². The van der Waals surface area contributed by atoms with Crippen molar-refractivity contribution in [2.75, 3.05) is 24.6 Å². The summed E-state index contributed by atoms with van der Waals surface area (Å²) in [5.41, 5.74) is 0. The van der Waals surface area contributed by atoms with Crippen LogP contribution in [0.2, 0.25) is 0 Å². The fourth-order valence-corrected chi connectivity index (χ4v) is 8.19. The minimum atomic E-state index is 0. The third-order valence-corrected chi connectivity index (χ3v) is 9.71. The first kappa shape index (κ1) is 17.4. The summed E-state index contributed by atoms with van der Waals surface area (Å²) < 4.78 is 0. The third-order valence-electron chi connectivity index (χ3n) is 4.23. The zero-order valence-corrected chi connectivity index (χ0v) is 15.4. The van der Waals surface area contributed by atoms with E-state index >= 15 is 0 Å². The van der Waals surface area contributed by atoms with Crippen molar-refractivity contribution in [3.05, 3.63) is 48.5 Å². The fourth-order valence-electron chi connectivity index (χ4n) is 3.10. The van der Waals surface area contributed by atoms with Gasteiger partial charge in [0, 0.05) is 0 Å². The van der Waals surface area contributed by atoms with Gasteiger partial charge in [0.05, 0.1) is 0 Å². The van der Waals surface area contributed by atoms with Crippen molar-refractivity contribution in [3.63, 3.8) is 0 Å². The van der Waals surface area contributed by atoms with Gasteiger partial charge in [-0.15, -0.1) is 26.5 Å². The molecule has 0 amide bonds. The molecule has 21 heavy (non-hydrogen) atoms. The molecule has 0 saturated carbocycles. The average molecular weight is 358 g/mol. The van der Waals surface area contributed by atoms with Crippen molar-refractivity contribution in [1.82, 2.24) is 0 Å². The largest absolute Gasteiger partial charge is 2.00 e. The summed E-state index contributed by atoms with van der Waals surface area (Å²) in [4.78, 5) is 0. The molecule has 0 atom stereocenters. The molecule has 0 bridgehead atoms. The monoisotopic (exact) mass is 358 g/mol. The maximum atomic E-state index is 2.29. The zero-order valence-electron chi connectivity index (χ0n) is 12.5. The topological polar surface area (TPSA) is 0 Å². The van der Waals surface area contributed by atoms with Gasteiger partial charge in [-0.2, -0.15) is 24.3 Å². The Bertz CT molecular complexity index is 417. The van der Waals surface area contributed by atoms with E-state index in [0.29, 0.717) is 15.8 Å². The van der Waals surface area contributed by atoms with Gasteiger partial charge in [0.2, 0.25) is 0 Å². The second-order valence-corrected chi connectivity index (χ2v) is 10.7. The molecule has 2 aliphatic heterocycles. The predicted molar refractivity (Wildman–Crippen MR) is 95.1 cm³/mol. The minimum Gasteiger partial charge on any atom is -0.213 e. The molecule has 0 nitrogen and oxygen atoms in total. The van der Waals surface area contributed by atoms with Crippen LogP contribution in [0.1, 0.15) is 25.7 Å². The molecule has 2 saturated heterocycles. The van der Waals surface area contributed by atoms with Gasteiger partial charge in [-0.25, -0.2) is 24.3 Å². The molecule has 2 heterocycles. The summed E-state index contributed by atoms with van der Waals surface area (Å²) >= 11 is 0. The van der Waals surface area contributed by atoms with Gasteiger partial charge in [-0.05, 0) is 50.3 Å². The van der Waals surface area contributed by atoms with Gasteiger partial charge in [0.25, 0.3) is 0 Å². The summed E-state index contributed by atoms with van der Waals surface area (Å²) in [6.07, 6.45) is 11.8. The molecule has 2 aliphatic rings. The molecule has 2 aromatic rings. The molecule has 0 aromatic heterocycles. The van der Waals surface area contributed by atoms with Gasteiger partial charge in [-0.3, -0.25) is 0 Å². The van der Waals surface area contributed by atoms with E-state index in [9.17, 15) is 0 Å². The van der Waals surface area contributed by atoms with Gasteiger partial charge in [0.1, 0.15) is 0 Å². The van der Waals surface area contributed by atoms with Crippen LogP contribution in [0.15, 0.2) is 48.5 Å². The zero-order chi connectivity index (χ0) is 13.6. The van der Waals surface area contributed by atoms with Crippen LogP contribution in [-0.4, -0.2) is 24.6 Å². The van der Waals surface area contributed by atoms with Crippen LogP contribution in [0.5, 0.6) is 0 Å². The van der Waals surface area contributed by atoms with Gasteiger partial charge in [0.15, 0.2) is 0 Å². The van der Waals surface area contributed by atoms with Crippen LogP contribution in [0.25, 0.3) is 0 Å². The Kier molecular flexibility index (Phi) is 7.70.